The van der Waals surface area contributed by atoms with Crippen LogP contribution in [0.3, 0.4) is 0 Å². The van der Waals surface area contributed by atoms with Gasteiger partial charge < -0.3 is 4.74 Å². The first-order valence-corrected chi connectivity index (χ1v) is 7.18. The minimum Gasteiger partial charge on any atom is -0.469 e. The van der Waals surface area contributed by atoms with Crippen LogP contribution in [0.1, 0.15) is 27.2 Å². The zero-order valence-corrected chi connectivity index (χ0v) is 12.6. The molecule has 5 nitrogen and oxygen atoms in total. The molecule has 0 aromatic heterocycles. The summed E-state index contributed by atoms with van der Waals surface area (Å²) in [5.74, 6) is -0.679. The first-order valence-electron chi connectivity index (χ1n) is 4.88. The number of esters is 1. The Morgan fingerprint density at radius 2 is 2.00 bits per heavy atom. The van der Waals surface area contributed by atoms with Crippen LogP contribution in [0.15, 0.2) is 10.6 Å². The lowest BCUT2D eigenvalue weighted by Crippen LogP contribution is -2.37. The minimum absolute atomic E-state index is 0.390. The van der Waals surface area contributed by atoms with Gasteiger partial charge in [-0.3, -0.25) is 9.35 Å². The van der Waals surface area contributed by atoms with E-state index in [-0.39, 0.29) is 6.42 Å². The van der Waals surface area contributed by atoms with Gasteiger partial charge >= 0.3 is 5.97 Å². The maximum atomic E-state index is 11.3. The van der Waals surface area contributed by atoms with Crippen LogP contribution < -0.4 is 0 Å². The van der Waals surface area contributed by atoms with Crippen LogP contribution in [-0.2, 0) is 19.6 Å². The smallest absolute Gasteiger partial charge is 0.306 e. The van der Waals surface area contributed by atoms with Crippen LogP contribution in [0.25, 0.3) is 0 Å². The molecule has 0 saturated heterocycles. The molecule has 17 heavy (non-hydrogen) atoms. The molecule has 0 aliphatic rings. The molecule has 100 valence electrons. The normalized spacial score (nSPS) is 15.5. The van der Waals surface area contributed by atoms with Gasteiger partial charge in [-0.25, -0.2) is 0 Å². The van der Waals surface area contributed by atoms with Crippen molar-refractivity contribution in [3.05, 3.63) is 10.6 Å². The Balaban J connectivity index is 5.35. The van der Waals surface area contributed by atoms with Crippen molar-refractivity contribution < 1.29 is 22.5 Å². The van der Waals surface area contributed by atoms with Gasteiger partial charge in [0.05, 0.1) is 13.5 Å². The number of carbonyl (C=O) groups is 1. The highest BCUT2D eigenvalue weighted by Gasteiger charge is 2.39. The Morgan fingerprint density at radius 1 is 1.53 bits per heavy atom. The lowest BCUT2D eigenvalue weighted by Gasteiger charge is -2.28. The van der Waals surface area contributed by atoms with Crippen molar-refractivity contribution in [2.24, 2.45) is 5.41 Å². The van der Waals surface area contributed by atoms with Crippen molar-refractivity contribution >= 4 is 32.0 Å². The lowest BCUT2D eigenvalue weighted by atomic mass is 9.87. The number of allylic oxidation sites excluding steroid dienone is 2. The first-order chi connectivity index (χ1) is 7.50. The first kappa shape index (κ1) is 16.6. The molecule has 1 unspecified atom stereocenters. The monoisotopic (exact) mass is 328 g/mol. The molecule has 1 atom stereocenters. The summed E-state index contributed by atoms with van der Waals surface area (Å²) in [6.45, 7) is 4.99. The van der Waals surface area contributed by atoms with E-state index in [1.165, 1.54) is 7.11 Å². The molecule has 0 aromatic carbocycles. The average Bonchev–Trinajstić information content (AvgIpc) is 2.09. The van der Waals surface area contributed by atoms with Crippen LogP contribution in [0.5, 0.6) is 0 Å². The lowest BCUT2D eigenvalue weighted by molar-refractivity contribution is -0.141. The van der Waals surface area contributed by atoms with E-state index in [1.54, 1.807) is 26.8 Å². The number of methoxy groups -OCH3 is 1. The third-order valence-corrected chi connectivity index (χ3v) is 4.06. The third-order valence-electron chi connectivity index (χ3n) is 2.34. The van der Waals surface area contributed by atoms with Gasteiger partial charge in [0, 0.05) is 5.41 Å². The standard InChI is InChI=1S/C10H17BrO5S/c1-7(11)6-10(2,3)8(17(13,14)15)5-9(12)16-4/h6,8H,5H2,1-4H3,(H,13,14,15)/b7-6+. The molecule has 0 heterocycles. The van der Waals surface area contributed by atoms with Crippen molar-refractivity contribution in [3.8, 4) is 0 Å². The fourth-order valence-corrected chi connectivity index (χ4v) is 3.36. The Labute approximate surface area is 110 Å². The van der Waals surface area contributed by atoms with Crippen LogP contribution in [0.2, 0.25) is 0 Å². The van der Waals surface area contributed by atoms with Gasteiger partial charge in [0.2, 0.25) is 0 Å². The quantitative estimate of drug-likeness (QED) is 0.617. The largest absolute Gasteiger partial charge is 0.469 e. The zero-order valence-electron chi connectivity index (χ0n) is 10.2. The van der Waals surface area contributed by atoms with Crippen LogP contribution in [0.4, 0.5) is 0 Å². The van der Waals surface area contributed by atoms with Crippen molar-refractivity contribution in [1.82, 2.24) is 0 Å². The molecule has 7 heteroatoms. The number of carbonyl (C=O) groups excluding carboxylic acids is 1. The zero-order chi connectivity index (χ0) is 13.9. The molecule has 0 saturated carbocycles. The van der Waals surface area contributed by atoms with Crippen molar-refractivity contribution in [2.45, 2.75) is 32.4 Å². The SMILES string of the molecule is COC(=O)CC(C(C)(C)/C=C(\C)Br)S(=O)(=O)O. The van der Waals surface area contributed by atoms with E-state index in [9.17, 15) is 17.8 Å². The molecule has 0 aromatic rings. The van der Waals surface area contributed by atoms with Crippen LogP contribution >= 0.6 is 15.9 Å². The number of halogens is 1. The van der Waals surface area contributed by atoms with E-state index < -0.39 is 26.8 Å². The summed E-state index contributed by atoms with van der Waals surface area (Å²) >= 11 is 3.20. The topological polar surface area (TPSA) is 80.7 Å². The molecule has 0 aliphatic carbocycles. The molecule has 0 rings (SSSR count). The Morgan fingerprint density at radius 3 is 2.29 bits per heavy atom. The molecule has 0 radical (unpaired) electrons. The fourth-order valence-electron chi connectivity index (χ4n) is 1.59. The van der Waals surface area contributed by atoms with Gasteiger partial charge in [-0.05, 0) is 11.4 Å². The fraction of sp³-hybridized carbons (Fsp3) is 0.700. The van der Waals surface area contributed by atoms with E-state index in [0.717, 1.165) is 4.48 Å². The predicted molar refractivity (Wildman–Crippen MR) is 68.4 cm³/mol. The average molecular weight is 329 g/mol. The van der Waals surface area contributed by atoms with Gasteiger partial charge in [0.25, 0.3) is 10.1 Å². The summed E-state index contributed by atoms with van der Waals surface area (Å²) < 4.78 is 37.0. The van der Waals surface area contributed by atoms with E-state index in [4.69, 9.17) is 0 Å². The van der Waals surface area contributed by atoms with E-state index in [0.29, 0.717) is 0 Å². The highest BCUT2D eigenvalue weighted by atomic mass is 79.9. The second-order valence-electron chi connectivity index (χ2n) is 4.34. The maximum absolute atomic E-state index is 11.3. The molecule has 0 bridgehead atoms. The molecule has 0 amide bonds. The Bertz CT molecular complexity index is 406. The minimum atomic E-state index is -4.34. The highest BCUT2D eigenvalue weighted by Crippen LogP contribution is 2.32. The van der Waals surface area contributed by atoms with Crippen molar-refractivity contribution in [1.29, 1.82) is 0 Å². The van der Waals surface area contributed by atoms with E-state index in [2.05, 4.69) is 20.7 Å². The Kier molecular flexibility index (Phi) is 5.83. The second-order valence-corrected chi connectivity index (χ2v) is 7.19. The summed E-state index contributed by atoms with van der Waals surface area (Å²) in [7, 11) is -3.17. The molecule has 0 spiro atoms. The maximum Gasteiger partial charge on any atom is 0.306 e. The Hall–Kier alpha value is -0.400. The third kappa shape index (κ3) is 5.65. The van der Waals surface area contributed by atoms with Gasteiger partial charge in [-0.2, -0.15) is 8.42 Å². The van der Waals surface area contributed by atoms with Crippen molar-refractivity contribution in [3.63, 3.8) is 0 Å². The summed E-state index contributed by atoms with van der Waals surface area (Å²) in [5.41, 5.74) is -0.893. The van der Waals surface area contributed by atoms with E-state index >= 15 is 0 Å². The van der Waals surface area contributed by atoms with Gasteiger partial charge in [0.15, 0.2) is 0 Å². The number of ether oxygens (including phenoxy) is 1. The number of rotatable bonds is 5. The van der Waals surface area contributed by atoms with E-state index in [1.807, 2.05) is 0 Å². The summed E-state index contributed by atoms with van der Waals surface area (Å²) in [5, 5.41) is -1.24. The summed E-state index contributed by atoms with van der Waals surface area (Å²) in [4.78, 5) is 11.2. The molecular weight excluding hydrogens is 312 g/mol. The summed E-state index contributed by atoms with van der Waals surface area (Å²) in [6, 6.07) is 0. The van der Waals surface area contributed by atoms with Gasteiger partial charge in [-0.15, -0.1) is 0 Å². The highest BCUT2D eigenvalue weighted by molar-refractivity contribution is 9.11. The predicted octanol–water partition coefficient (Wildman–Crippen LogP) is 2.13. The molecular formula is C10H17BrO5S. The van der Waals surface area contributed by atoms with Crippen LogP contribution in [0, 0.1) is 5.41 Å². The second kappa shape index (κ2) is 5.97. The summed E-state index contributed by atoms with van der Waals surface area (Å²) in [6.07, 6.45) is 1.24. The van der Waals surface area contributed by atoms with Gasteiger partial charge in [-0.1, -0.05) is 35.9 Å². The number of hydrogen-bond acceptors (Lipinski definition) is 4. The number of hydrogen-bond donors (Lipinski definition) is 1. The molecule has 1 N–H and O–H groups in total. The molecule has 0 fully saturated rings. The molecule has 0 aliphatic heterocycles. The van der Waals surface area contributed by atoms with Crippen LogP contribution in [-0.4, -0.2) is 31.3 Å². The van der Waals surface area contributed by atoms with Crippen molar-refractivity contribution in [2.75, 3.05) is 7.11 Å². The van der Waals surface area contributed by atoms with Gasteiger partial charge in [0.1, 0.15) is 5.25 Å².